The molecule has 1 heterocycles. The molecule has 2 rings (SSSR count). The number of hydrogen-bond donors (Lipinski definition) is 3. The molecule has 0 aliphatic rings. The zero-order valence-electron chi connectivity index (χ0n) is 10.0. The summed E-state index contributed by atoms with van der Waals surface area (Å²) < 4.78 is 0. The van der Waals surface area contributed by atoms with E-state index in [9.17, 15) is 0 Å². The van der Waals surface area contributed by atoms with Crippen molar-refractivity contribution in [1.82, 2.24) is 10.2 Å². The van der Waals surface area contributed by atoms with E-state index < -0.39 is 0 Å². The van der Waals surface area contributed by atoms with Crippen LogP contribution < -0.4 is 10.6 Å². The summed E-state index contributed by atoms with van der Waals surface area (Å²) in [5.74, 6) is 0.684. The fourth-order valence-corrected chi connectivity index (χ4v) is 1.83. The van der Waals surface area contributed by atoms with Gasteiger partial charge in [-0.1, -0.05) is 17.7 Å². The van der Waals surface area contributed by atoms with Crippen molar-refractivity contribution < 1.29 is 0 Å². The molecule has 0 amide bonds. The Morgan fingerprint density at radius 1 is 1.28 bits per heavy atom. The van der Waals surface area contributed by atoms with E-state index in [0.717, 1.165) is 16.9 Å². The molecule has 1 aromatic carbocycles. The second-order valence-electron chi connectivity index (χ2n) is 3.98. The maximum absolute atomic E-state index is 6.04. The Hall–Kier alpha value is -1.59. The quantitative estimate of drug-likeness (QED) is 0.737. The van der Waals surface area contributed by atoms with Gasteiger partial charge in [0.2, 0.25) is 0 Å². The van der Waals surface area contributed by atoms with E-state index in [4.69, 9.17) is 23.8 Å². The number of aryl methyl sites for hydroxylation is 2. The van der Waals surface area contributed by atoms with E-state index in [1.807, 2.05) is 38.1 Å². The molecule has 0 atom stereocenters. The van der Waals surface area contributed by atoms with Crippen LogP contribution in [0.3, 0.4) is 0 Å². The molecule has 0 saturated carbocycles. The lowest BCUT2D eigenvalue weighted by Crippen LogP contribution is -2.19. The zero-order valence-corrected chi connectivity index (χ0v) is 11.6. The molecule has 6 heteroatoms. The van der Waals surface area contributed by atoms with Gasteiger partial charge < -0.3 is 10.6 Å². The SMILES string of the molecule is Cc1cc(NC(=S)Nc2ccc(C)c(Cl)c2)n[nH]1. The summed E-state index contributed by atoms with van der Waals surface area (Å²) in [5, 5.41) is 14.1. The maximum Gasteiger partial charge on any atom is 0.176 e. The van der Waals surface area contributed by atoms with Gasteiger partial charge in [-0.3, -0.25) is 5.10 Å². The topological polar surface area (TPSA) is 52.7 Å². The molecular formula is C12H13ClN4S. The van der Waals surface area contributed by atoms with Gasteiger partial charge in [-0.25, -0.2) is 0 Å². The Balaban J connectivity index is 2.00. The van der Waals surface area contributed by atoms with Crippen molar-refractivity contribution >= 4 is 40.4 Å². The van der Waals surface area contributed by atoms with Crippen molar-refractivity contribution in [3.63, 3.8) is 0 Å². The third-order valence-electron chi connectivity index (χ3n) is 2.38. The molecular weight excluding hydrogens is 268 g/mol. The minimum atomic E-state index is 0.474. The molecule has 0 fully saturated rings. The second kappa shape index (κ2) is 5.37. The van der Waals surface area contributed by atoms with E-state index in [0.29, 0.717) is 16.0 Å². The van der Waals surface area contributed by atoms with Crippen molar-refractivity contribution in [2.45, 2.75) is 13.8 Å². The molecule has 0 radical (unpaired) electrons. The first kappa shape index (κ1) is 12.9. The number of aromatic nitrogens is 2. The van der Waals surface area contributed by atoms with Gasteiger partial charge in [-0.2, -0.15) is 5.10 Å². The van der Waals surface area contributed by atoms with E-state index in [1.165, 1.54) is 0 Å². The zero-order chi connectivity index (χ0) is 13.1. The van der Waals surface area contributed by atoms with Gasteiger partial charge in [0, 0.05) is 22.5 Å². The average molecular weight is 281 g/mol. The monoisotopic (exact) mass is 280 g/mol. The number of nitrogens with zero attached hydrogens (tertiary/aromatic N) is 1. The van der Waals surface area contributed by atoms with Gasteiger partial charge in [0.1, 0.15) is 0 Å². The van der Waals surface area contributed by atoms with Crippen LogP contribution in [0.15, 0.2) is 24.3 Å². The predicted molar refractivity (Wildman–Crippen MR) is 79.4 cm³/mol. The highest BCUT2D eigenvalue weighted by Gasteiger charge is 2.03. The van der Waals surface area contributed by atoms with Crippen LogP contribution in [0.2, 0.25) is 5.02 Å². The maximum atomic E-state index is 6.04. The normalized spacial score (nSPS) is 10.2. The van der Waals surface area contributed by atoms with Crippen molar-refractivity contribution in [2.75, 3.05) is 10.6 Å². The number of halogens is 1. The number of nitrogens with one attached hydrogen (secondary N) is 3. The van der Waals surface area contributed by atoms with Crippen molar-refractivity contribution in [1.29, 1.82) is 0 Å². The molecule has 94 valence electrons. The van der Waals surface area contributed by atoms with E-state index >= 15 is 0 Å². The molecule has 4 nitrogen and oxygen atoms in total. The number of H-pyrrole nitrogens is 1. The van der Waals surface area contributed by atoms with Gasteiger partial charge in [0.25, 0.3) is 0 Å². The number of benzene rings is 1. The summed E-state index contributed by atoms with van der Waals surface area (Å²) in [7, 11) is 0. The van der Waals surface area contributed by atoms with Crippen molar-refractivity contribution in [3.8, 4) is 0 Å². The number of rotatable bonds is 2. The third kappa shape index (κ3) is 3.21. The molecule has 0 saturated heterocycles. The number of thiocarbonyl (C=S) groups is 1. The molecule has 2 aromatic rings. The van der Waals surface area contributed by atoms with Gasteiger partial charge in [0.15, 0.2) is 10.9 Å². The lowest BCUT2D eigenvalue weighted by molar-refractivity contribution is 1.05. The van der Waals surface area contributed by atoms with Crippen LogP contribution in [0.4, 0.5) is 11.5 Å². The number of aromatic amines is 1. The first-order chi connectivity index (χ1) is 8.54. The fraction of sp³-hybridized carbons (Fsp3) is 0.167. The predicted octanol–water partition coefficient (Wildman–Crippen LogP) is 3.49. The summed E-state index contributed by atoms with van der Waals surface area (Å²) >= 11 is 11.2. The number of anilines is 2. The highest BCUT2D eigenvalue weighted by atomic mass is 35.5. The molecule has 0 bridgehead atoms. The highest BCUT2D eigenvalue weighted by Crippen LogP contribution is 2.20. The van der Waals surface area contributed by atoms with Gasteiger partial charge in [-0.15, -0.1) is 0 Å². The fourth-order valence-electron chi connectivity index (χ4n) is 1.43. The molecule has 0 aliphatic carbocycles. The first-order valence-corrected chi connectivity index (χ1v) is 6.19. The molecule has 18 heavy (non-hydrogen) atoms. The Bertz CT molecular complexity index is 579. The van der Waals surface area contributed by atoms with E-state index in [1.54, 1.807) is 0 Å². The van der Waals surface area contributed by atoms with Gasteiger partial charge in [0.05, 0.1) is 0 Å². The lowest BCUT2D eigenvalue weighted by atomic mass is 10.2. The molecule has 0 spiro atoms. The summed E-state index contributed by atoms with van der Waals surface area (Å²) in [6, 6.07) is 7.56. The largest absolute Gasteiger partial charge is 0.332 e. The standard InChI is InChI=1S/C12H13ClN4S/c1-7-3-4-9(6-10(7)13)14-12(18)15-11-5-8(2)16-17-11/h3-6H,1-2H3,(H3,14,15,16,17,18). The summed E-state index contributed by atoms with van der Waals surface area (Å²) in [6.45, 7) is 3.88. The average Bonchev–Trinajstić information content (AvgIpc) is 2.69. The minimum absolute atomic E-state index is 0.474. The van der Waals surface area contributed by atoms with Gasteiger partial charge in [-0.05, 0) is 43.8 Å². The Morgan fingerprint density at radius 3 is 2.67 bits per heavy atom. The summed E-state index contributed by atoms with van der Waals surface area (Å²) in [4.78, 5) is 0. The van der Waals surface area contributed by atoms with E-state index in [2.05, 4.69) is 20.8 Å². The minimum Gasteiger partial charge on any atom is -0.332 e. The summed E-state index contributed by atoms with van der Waals surface area (Å²) in [6.07, 6.45) is 0. The Morgan fingerprint density at radius 2 is 2.06 bits per heavy atom. The molecule has 1 aromatic heterocycles. The molecule has 3 N–H and O–H groups in total. The van der Waals surface area contributed by atoms with Gasteiger partial charge >= 0.3 is 0 Å². The van der Waals surface area contributed by atoms with Crippen LogP contribution in [0.1, 0.15) is 11.3 Å². The van der Waals surface area contributed by atoms with Crippen molar-refractivity contribution in [3.05, 3.63) is 40.5 Å². The first-order valence-electron chi connectivity index (χ1n) is 5.41. The van der Waals surface area contributed by atoms with Crippen LogP contribution >= 0.6 is 23.8 Å². The highest BCUT2D eigenvalue weighted by molar-refractivity contribution is 7.80. The lowest BCUT2D eigenvalue weighted by Gasteiger charge is -2.09. The number of hydrogen-bond acceptors (Lipinski definition) is 2. The third-order valence-corrected chi connectivity index (χ3v) is 2.99. The van der Waals surface area contributed by atoms with E-state index in [-0.39, 0.29) is 0 Å². The Labute approximate surface area is 116 Å². The van der Waals surface area contributed by atoms with Crippen LogP contribution in [0.25, 0.3) is 0 Å². The molecule has 0 unspecified atom stereocenters. The second-order valence-corrected chi connectivity index (χ2v) is 4.79. The Kier molecular flexibility index (Phi) is 3.84. The van der Waals surface area contributed by atoms with Crippen LogP contribution in [0, 0.1) is 13.8 Å². The smallest absolute Gasteiger partial charge is 0.176 e. The van der Waals surface area contributed by atoms with Crippen LogP contribution in [0.5, 0.6) is 0 Å². The van der Waals surface area contributed by atoms with Crippen molar-refractivity contribution in [2.24, 2.45) is 0 Å². The summed E-state index contributed by atoms with van der Waals surface area (Å²) in [5.41, 5.74) is 2.85. The molecule has 0 aliphatic heterocycles. The van der Waals surface area contributed by atoms with Crippen LogP contribution in [-0.2, 0) is 0 Å². The van der Waals surface area contributed by atoms with Crippen LogP contribution in [-0.4, -0.2) is 15.3 Å².